The largest absolute Gasteiger partial charge is 0.507 e. The van der Waals surface area contributed by atoms with Gasteiger partial charge in [0.15, 0.2) is 0 Å². The third kappa shape index (κ3) is 4.55. The molecular weight excluding hydrogens is 441 g/mol. The highest BCUT2D eigenvalue weighted by atomic mass is 79.9. The highest BCUT2D eigenvalue weighted by molar-refractivity contribution is 9.10. The number of phenols is 1. The second-order valence-electron chi connectivity index (χ2n) is 6.23. The summed E-state index contributed by atoms with van der Waals surface area (Å²) in [5, 5.41) is 26.3. The average Bonchev–Trinajstić information content (AvgIpc) is 3.02. The first kappa shape index (κ1) is 20.4. The van der Waals surface area contributed by atoms with Crippen molar-refractivity contribution in [2.24, 2.45) is 0 Å². The van der Waals surface area contributed by atoms with Crippen molar-refractivity contribution >= 4 is 27.7 Å². The number of carbonyl (C=O) groups is 1. The highest BCUT2D eigenvalue weighted by Gasteiger charge is 2.17. The molecule has 4 N–H and O–H groups in total. The number of rotatable bonds is 6. The number of hydrogen-bond acceptors (Lipinski definition) is 5. The Kier molecular flexibility index (Phi) is 6.14. The zero-order chi connectivity index (χ0) is 21.0. The molecule has 29 heavy (non-hydrogen) atoms. The lowest BCUT2D eigenvalue weighted by Gasteiger charge is -2.07. The molecule has 0 aliphatic carbocycles. The summed E-state index contributed by atoms with van der Waals surface area (Å²) in [7, 11) is 0. The molecule has 2 aromatic carbocycles. The molecule has 0 bridgehead atoms. The first-order chi connectivity index (χ1) is 13.9. The van der Waals surface area contributed by atoms with E-state index in [2.05, 4.69) is 26.3 Å². The van der Waals surface area contributed by atoms with Crippen molar-refractivity contribution in [3.8, 4) is 17.5 Å². The number of nitrogens with zero attached hydrogens (tertiary/aromatic N) is 3. The van der Waals surface area contributed by atoms with Crippen LogP contribution in [0.15, 0.2) is 46.9 Å². The quantitative estimate of drug-likeness (QED) is 0.490. The van der Waals surface area contributed by atoms with E-state index in [1.807, 2.05) is 6.07 Å². The van der Waals surface area contributed by atoms with Crippen LogP contribution in [0.4, 0.5) is 10.2 Å². The number of aromatic hydroxyl groups is 1. The fraction of sp³-hybridized carbons (Fsp3) is 0.150. The standard InChI is InChI=1S/C20H17BrFN5O2/c21-12-3-8-18(28)15(10-12)20(29)25-9-1-2-17-16(11-23)19(24)27(26-17)14-6-4-13(22)5-7-14/h3-8,10,28H,1-2,9,24H2,(H,25,29). The summed E-state index contributed by atoms with van der Waals surface area (Å²) >= 11 is 3.26. The van der Waals surface area contributed by atoms with E-state index in [-0.39, 0.29) is 28.5 Å². The molecule has 9 heteroatoms. The minimum absolute atomic E-state index is 0.108. The number of nitrogen functional groups attached to an aromatic ring is 1. The summed E-state index contributed by atoms with van der Waals surface area (Å²) in [6, 6.07) is 12.3. The van der Waals surface area contributed by atoms with Gasteiger partial charge in [-0.1, -0.05) is 15.9 Å². The third-order valence-corrected chi connectivity index (χ3v) is 4.75. The summed E-state index contributed by atoms with van der Waals surface area (Å²) in [6.07, 6.45) is 0.918. The van der Waals surface area contributed by atoms with Crippen LogP contribution in [-0.2, 0) is 6.42 Å². The summed E-state index contributed by atoms with van der Waals surface area (Å²) in [5.41, 5.74) is 7.49. The lowest BCUT2D eigenvalue weighted by atomic mass is 10.1. The molecule has 1 heterocycles. The second-order valence-corrected chi connectivity index (χ2v) is 7.14. The first-order valence-corrected chi connectivity index (χ1v) is 9.50. The average molecular weight is 458 g/mol. The van der Waals surface area contributed by atoms with E-state index in [0.29, 0.717) is 35.2 Å². The maximum absolute atomic E-state index is 13.1. The molecule has 148 valence electrons. The van der Waals surface area contributed by atoms with Crippen molar-refractivity contribution < 1.29 is 14.3 Å². The van der Waals surface area contributed by atoms with Gasteiger partial charge in [0.05, 0.1) is 16.9 Å². The molecule has 3 aromatic rings. The summed E-state index contributed by atoms with van der Waals surface area (Å²) in [5.74, 6) is -0.714. The molecule has 0 aliphatic rings. The van der Waals surface area contributed by atoms with Crippen molar-refractivity contribution in [2.45, 2.75) is 12.8 Å². The maximum atomic E-state index is 13.1. The van der Waals surface area contributed by atoms with Crippen LogP contribution in [-0.4, -0.2) is 27.3 Å². The number of benzene rings is 2. The van der Waals surface area contributed by atoms with Crippen molar-refractivity contribution in [1.82, 2.24) is 15.1 Å². The molecule has 0 spiro atoms. The minimum atomic E-state index is -0.402. The van der Waals surface area contributed by atoms with Gasteiger partial charge in [0.1, 0.15) is 29.0 Å². The zero-order valence-electron chi connectivity index (χ0n) is 15.2. The summed E-state index contributed by atoms with van der Waals surface area (Å²) in [4.78, 5) is 12.2. The van der Waals surface area contributed by atoms with Crippen LogP contribution in [0.2, 0.25) is 0 Å². The molecule has 0 aliphatic heterocycles. The van der Waals surface area contributed by atoms with Crippen molar-refractivity contribution in [1.29, 1.82) is 5.26 Å². The van der Waals surface area contributed by atoms with Crippen LogP contribution in [0.1, 0.15) is 28.0 Å². The van der Waals surface area contributed by atoms with Gasteiger partial charge in [-0.15, -0.1) is 0 Å². The Bertz CT molecular complexity index is 1090. The van der Waals surface area contributed by atoms with Gasteiger partial charge in [-0.3, -0.25) is 4.79 Å². The lowest BCUT2D eigenvalue weighted by Crippen LogP contribution is -2.25. The fourth-order valence-electron chi connectivity index (χ4n) is 2.80. The summed E-state index contributed by atoms with van der Waals surface area (Å²) < 4.78 is 15.2. The minimum Gasteiger partial charge on any atom is -0.507 e. The van der Waals surface area contributed by atoms with E-state index >= 15 is 0 Å². The number of nitriles is 1. The Balaban J connectivity index is 1.66. The third-order valence-electron chi connectivity index (χ3n) is 4.26. The van der Waals surface area contributed by atoms with Gasteiger partial charge < -0.3 is 16.2 Å². The second kappa shape index (κ2) is 8.75. The Labute approximate surface area is 174 Å². The number of anilines is 1. The number of amides is 1. The number of nitrogens with one attached hydrogen (secondary N) is 1. The molecule has 0 radical (unpaired) electrons. The Morgan fingerprint density at radius 3 is 2.72 bits per heavy atom. The first-order valence-electron chi connectivity index (χ1n) is 8.71. The highest BCUT2D eigenvalue weighted by Crippen LogP contribution is 2.23. The van der Waals surface area contributed by atoms with Crippen LogP contribution < -0.4 is 11.1 Å². The van der Waals surface area contributed by atoms with Crippen molar-refractivity contribution in [3.05, 3.63) is 69.6 Å². The van der Waals surface area contributed by atoms with Crippen LogP contribution in [0.3, 0.4) is 0 Å². The topological polar surface area (TPSA) is 117 Å². The van der Waals surface area contributed by atoms with Gasteiger partial charge >= 0.3 is 0 Å². The number of halogens is 2. The number of aryl methyl sites for hydroxylation is 1. The Hall–Kier alpha value is -3.38. The fourth-order valence-corrected chi connectivity index (χ4v) is 3.16. The molecular formula is C20H17BrFN5O2. The molecule has 7 nitrogen and oxygen atoms in total. The molecule has 0 saturated heterocycles. The SMILES string of the molecule is N#Cc1c(CCCNC(=O)c2cc(Br)ccc2O)nn(-c2ccc(F)cc2)c1N. The van der Waals surface area contributed by atoms with Crippen molar-refractivity contribution in [2.75, 3.05) is 12.3 Å². The molecule has 1 aromatic heterocycles. The van der Waals surface area contributed by atoms with Crippen LogP contribution in [0.25, 0.3) is 5.69 Å². The number of carbonyl (C=O) groups excluding carboxylic acids is 1. The Morgan fingerprint density at radius 2 is 2.03 bits per heavy atom. The monoisotopic (exact) mass is 457 g/mol. The van der Waals surface area contributed by atoms with Gasteiger partial charge in [0.2, 0.25) is 0 Å². The van der Waals surface area contributed by atoms with E-state index in [1.54, 1.807) is 6.07 Å². The van der Waals surface area contributed by atoms with E-state index in [4.69, 9.17) is 5.73 Å². The smallest absolute Gasteiger partial charge is 0.255 e. The number of aromatic nitrogens is 2. The number of hydrogen-bond donors (Lipinski definition) is 3. The van der Waals surface area contributed by atoms with Crippen LogP contribution >= 0.6 is 15.9 Å². The molecule has 0 unspecified atom stereocenters. The van der Waals surface area contributed by atoms with E-state index in [0.717, 1.165) is 0 Å². The van der Waals surface area contributed by atoms with E-state index < -0.39 is 5.91 Å². The number of phenolic OH excluding ortho intramolecular Hbond substituents is 1. The van der Waals surface area contributed by atoms with Gasteiger partial charge in [-0.25, -0.2) is 9.07 Å². The maximum Gasteiger partial charge on any atom is 0.255 e. The zero-order valence-corrected chi connectivity index (χ0v) is 16.8. The number of nitrogens with two attached hydrogens (primary N) is 1. The van der Waals surface area contributed by atoms with Gasteiger partial charge in [-0.05, 0) is 55.3 Å². The van der Waals surface area contributed by atoms with Gasteiger partial charge in [0, 0.05) is 11.0 Å². The summed E-state index contributed by atoms with van der Waals surface area (Å²) in [6.45, 7) is 0.318. The van der Waals surface area contributed by atoms with E-state index in [1.165, 1.54) is 41.1 Å². The predicted octanol–water partition coefficient (Wildman–Crippen LogP) is 3.30. The van der Waals surface area contributed by atoms with Crippen LogP contribution in [0.5, 0.6) is 5.75 Å². The van der Waals surface area contributed by atoms with Gasteiger partial charge in [-0.2, -0.15) is 10.4 Å². The van der Waals surface area contributed by atoms with E-state index in [9.17, 15) is 19.6 Å². The Morgan fingerprint density at radius 1 is 1.31 bits per heavy atom. The molecule has 3 rings (SSSR count). The normalized spacial score (nSPS) is 10.5. The predicted molar refractivity (Wildman–Crippen MR) is 109 cm³/mol. The molecule has 1 amide bonds. The van der Waals surface area contributed by atoms with Gasteiger partial charge in [0.25, 0.3) is 5.91 Å². The van der Waals surface area contributed by atoms with Crippen LogP contribution in [0, 0.1) is 17.1 Å². The van der Waals surface area contributed by atoms with Crippen molar-refractivity contribution in [3.63, 3.8) is 0 Å². The molecule has 0 saturated carbocycles. The molecule has 0 atom stereocenters. The lowest BCUT2D eigenvalue weighted by molar-refractivity contribution is 0.0950. The molecule has 0 fully saturated rings.